The second kappa shape index (κ2) is 16.3. The van der Waals surface area contributed by atoms with E-state index in [-0.39, 0.29) is 17.7 Å². The molecule has 38 heavy (non-hydrogen) atoms. The molecule has 0 aliphatic carbocycles. The van der Waals surface area contributed by atoms with E-state index >= 15 is 0 Å². The van der Waals surface area contributed by atoms with Crippen molar-refractivity contribution in [3.05, 3.63) is 0 Å². The van der Waals surface area contributed by atoms with E-state index in [1.165, 1.54) is 6.92 Å². The molecule has 7 N–H and O–H groups in total. The van der Waals surface area contributed by atoms with Crippen molar-refractivity contribution in [1.82, 2.24) is 21.3 Å². The Balaban J connectivity index is 3.07. The predicted octanol–water partition coefficient (Wildman–Crippen LogP) is -0.279. The summed E-state index contributed by atoms with van der Waals surface area (Å²) in [5.41, 5.74) is 5.35. The molecule has 1 aliphatic heterocycles. The van der Waals surface area contributed by atoms with Gasteiger partial charge in [-0.15, -0.1) is 0 Å². The molecule has 5 amide bonds. The van der Waals surface area contributed by atoms with Gasteiger partial charge in [0.1, 0.15) is 18.2 Å². The van der Waals surface area contributed by atoms with Gasteiger partial charge < -0.3 is 36.8 Å². The molecule has 1 rings (SSSR count). The molecule has 0 aromatic heterocycles. The molecule has 0 unspecified atom stereocenters. The molecule has 0 spiro atoms. The van der Waals surface area contributed by atoms with Crippen molar-refractivity contribution in [2.75, 3.05) is 13.2 Å². The van der Waals surface area contributed by atoms with Gasteiger partial charge in [-0.05, 0) is 31.1 Å². The van der Waals surface area contributed by atoms with Gasteiger partial charge in [0.2, 0.25) is 29.5 Å². The fourth-order valence-corrected chi connectivity index (χ4v) is 4.51. The van der Waals surface area contributed by atoms with Crippen LogP contribution in [-0.4, -0.2) is 78.1 Å². The van der Waals surface area contributed by atoms with Crippen LogP contribution in [0.15, 0.2) is 0 Å². The first-order chi connectivity index (χ1) is 17.8. The summed E-state index contributed by atoms with van der Waals surface area (Å²) in [4.78, 5) is 62.1. The van der Waals surface area contributed by atoms with Crippen molar-refractivity contribution in [3.63, 3.8) is 0 Å². The number of carbonyl (C=O) groups is 5. The SMILES string of the molecule is CCCCNC(=O)[C@@H]1OCC[C@H]1[C@H](O)[C@H](CC(C)C)NC(=O)[C@H](CC(N)=O)NC(=O)[C@@H](NC(C)=O)C(C)C. The summed E-state index contributed by atoms with van der Waals surface area (Å²) in [5.74, 6) is -3.61. The zero-order chi connectivity index (χ0) is 29.0. The minimum atomic E-state index is -1.31. The summed E-state index contributed by atoms with van der Waals surface area (Å²) >= 11 is 0. The Hall–Kier alpha value is -2.73. The number of hydrogen-bond donors (Lipinski definition) is 6. The molecule has 0 radical (unpaired) electrons. The molecule has 1 aliphatic rings. The van der Waals surface area contributed by atoms with Crippen LogP contribution < -0.4 is 27.0 Å². The summed E-state index contributed by atoms with van der Waals surface area (Å²) in [6.45, 7) is 11.4. The van der Waals surface area contributed by atoms with E-state index in [1.54, 1.807) is 13.8 Å². The van der Waals surface area contributed by atoms with Crippen molar-refractivity contribution < 1.29 is 33.8 Å². The summed E-state index contributed by atoms with van der Waals surface area (Å²) in [6.07, 6.45) is 0.132. The number of aliphatic hydroxyl groups excluding tert-OH is 1. The number of unbranched alkanes of at least 4 members (excludes halogenated alkanes) is 1. The van der Waals surface area contributed by atoms with Gasteiger partial charge in [0.05, 0.1) is 18.6 Å². The van der Waals surface area contributed by atoms with Crippen molar-refractivity contribution in [2.24, 2.45) is 23.5 Å². The molecule has 0 aromatic carbocycles. The minimum absolute atomic E-state index is 0.0726. The van der Waals surface area contributed by atoms with Crippen LogP contribution in [0.1, 0.15) is 73.6 Å². The number of primary amides is 1. The monoisotopic (exact) mass is 541 g/mol. The van der Waals surface area contributed by atoms with Crippen LogP contribution >= 0.6 is 0 Å². The van der Waals surface area contributed by atoms with E-state index in [0.717, 1.165) is 12.8 Å². The summed E-state index contributed by atoms with van der Waals surface area (Å²) in [7, 11) is 0. The maximum absolute atomic E-state index is 13.3. The number of rotatable bonds is 16. The van der Waals surface area contributed by atoms with Crippen molar-refractivity contribution in [1.29, 1.82) is 0 Å². The molecule has 12 nitrogen and oxygen atoms in total. The molecule has 218 valence electrons. The minimum Gasteiger partial charge on any atom is -0.391 e. The molecule has 1 saturated heterocycles. The number of carbonyl (C=O) groups excluding carboxylic acids is 5. The summed E-state index contributed by atoms with van der Waals surface area (Å²) < 4.78 is 5.63. The smallest absolute Gasteiger partial charge is 0.249 e. The highest BCUT2D eigenvalue weighted by atomic mass is 16.5. The number of nitrogens with two attached hydrogens (primary N) is 1. The highest BCUT2D eigenvalue weighted by Gasteiger charge is 2.42. The zero-order valence-electron chi connectivity index (χ0n) is 23.5. The predicted molar refractivity (Wildman–Crippen MR) is 141 cm³/mol. The Bertz CT molecular complexity index is 820. The van der Waals surface area contributed by atoms with Gasteiger partial charge in [-0.3, -0.25) is 24.0 Å². The Morgan fingerprint density at radius 1 is 1.03 bits per heavy atom. The van der Waals surface area contributed by atoms with Gasteiger partial charge in [0, 0.05) is 26.0 Å². The first-order valence-corrected chi connectivity index (χ1v) is 13.5. The first kappa shape index (κ1) is 33.3. The molecule has 12 heteroatoms. The molecule has 0 saturated carbocycles. The van der Waals surface area contributed by atoms with Crippen molar-refractivity contribution in [2.45, 2.75) is 104 Å². The van der Waals surface area contributed by atoms with E-state index < -0.39 is 66.3 Å². The van der Waals surface area contributed by atoms with Gasteiger partial charge in [0.25, 0.3) is 0 Å². The fraction of sp³-hybridized carbons (Fsp3) is 0.808. The second-order valence-corrected chi connectivity index (χ2v) is 10.8. The van der Waals surface area contributed by atoms with Gasteiger partial charge in [-0.2, -0.15) is 0 Å². The van der Waals surface area contributed by atoms with Crippen LogP contribution in [-0.2, 0) is 28.7 Å². The first-order valence-electron chi connectivity index (χ1n) is 13.5. The van der Waals surface area contributed by atoms with E-state index in [2.05, 4.69) is 21.3 Å². The standard InChI is InChI=1S/C26H47N5O7/c1-7-8-10-28-26(37)23-17(9-11-38-23)22(34)18(12-14(2)3)30-24(35)19(13-20(27)33)31-25(36)21(15(4)5)29-16(6)32/h14-15,17-19,21-23,34H,7-13H2,1-6H3,(H2,27,33)(H,28,37)(H,29,32)(H,30,35)(H,31,36)/t17-,18-,19-,21-,22-,23+/m0/s1. The molecule has 0 aromatic rings. The van der Waals surface area contributed by atoms with Crippen molar-refractivity contribution in [3.8, 4) is 0 Å². The summed E-state index contributed by atoms with van der Waals surface area (Å²) in [6, 6.07) is -3.01. The highest BCUT2D eigenvalue weighted by Crippen LogP contribution is 2.28. The lowest BCUT2D eigenvalue weighted by Gasteiger charge is -2.33. The Morgan fingerprint density at radius 3 is 2.21 bits per heavy atom. The number of hydrogen-bond acceptors (Lipinski definition) is 7. The lowest BCUT2D eigenvalue weighted by atomic mass is 9.86. The molecule has 1 fully saturated rings. The second-order valence-electron chi connectivity index (χ2n) is 10.8. The Kier molecular flexibility index (Phi) is 14.3. The van der Waals surface area contributed by atoms with E-state index in [9.17, 15) is 29.1 Å². The number of ether oxygens (including phenoxy) is 1. The van der Waals surface area contributed by atoms with Gasteiger partial charge in [0.15, 0.2) is 0 Å². The van der Waals surface area contributed by atoms with Crippen LogP contribution in [0, 0.1) is 17.8 Å². The molecule has 0 bridgehead atoms. The molecular formula is C26H47N5O7. The third kappa shape index (κ3) is 10.9. The van der Waals surface area contributed by atoms with Crippen LogP contribution in [0.2, 0.25) is 0 Å². The average molecular weight is 542 g/mol. The lowest BCUT2D eigenvalue weighted by molar-refractivity contribution is -0.136. The third-order valence-corrected chi connectivity index (χ3v) is 6.48. The topological polar surface area (TPSA) is 189 Å². The van der Waals surface area contributed by atoms with E-state index in [0.29, 0.717) is 26.0 Å². The van der Waals surface area contributed by atoms with Crippen LogP contribution in [0.3, 0.4) is 0 Å². The molecule has 6 atom stereocenters. The number of aliphatic hydroxyl groups is 1. The Labute approximate surface area is 225 Å². The largest absolute Gasteiger partial charge is 0.391 e. The van der Waals surface area contributed by atoms with Crippen LogP contribution in [0.25, 0.3) is 0 Å². The fourth-order valence-electron chi connectivity index (χ4n) is 4.51. The number of nitrogens with one attached hydrogen (secondary N) is 4. The summed E-state index contributed by atoms with van der Waals surface area (Å²) in [5, 5.41) is 22.0. The highest BCUT2D eigenvalue weighted by molar-refractivity contribution is 5.94. The maximum atomic E-state index is 13.3. The third-order valence-electron chi connectivity index (χ3n) is 6.48. The number of amides is 5. The normalized spacial score (nSPS) is 20.3. The van der Waals surface area contributed by atoms with E-state index in [4.69, 9.17) is 10.5 Å². The maximum Gasteiger partial charge on any atom is 0.249 e. The average Bonchev–Trinajstić information content (AvgIpc) is 3.30. The molecule has 1 heterocycles. The van der Waals surface area contributed by atoms with Crippen LogP contribution in [0.5, 0.6) is 0 Å². The van der Waals surface area contributed by atoms with Crippen molar-refractivity contribution >= 4 is 29.5 Å². The van der Waals surface area contributed by atoms with Gasteiger partial charge >= 0.3 is 0 Å². The quantitative estimate of drug-likeness (QED) is 0.145. The van der Waals surface area contributed by atoms with Crippen LogP contribution in [0.4, 0.5) is 0 Å². The zero-order valence-corrected chi connectivity index (χ0v) is 23.5. The molecular weight excluding hydrogens is 494 g/mol. The van der Waals surface area contributed by atoms with Gasteiger partial charge in [-0.1, -0.05) is 41.0 Å². The lowest BCUT2D eigenvalue weighted by Crippen LogP contribution is -2.59. The van der Waals surface area contributed by atoms with Gasteiger partial charge in [-0.25, -0.2) is 0 Å². The van der Waals surface area contributed by atoms with E-state index in [1.807, 2.05) is 20.8 Å². The Morgan fingerprint density at radius 2 is 1.68 bits per heavy atom.